The van der Waals surface area contributed by atoms with Gasteiger partial charge in [0.2, 0.25) is 0 Å². The number of ether oxygens (including phenoxy) is 1. The van der Waals surface area contributed by atoms with E-state index in [2.05, 4.69) is 38.3 Å². The Labute approximate surface area is 168 Å². The highest BCUT2D eigenvalue weighted by atomic mass is 32.2. The molecule has 3 heterocycles. The highest BCUT2D eigenvalue weighted by molar-refractivity contribution is 7.84. The van der Waals surface area contributed by atoms with Gasteiger partial charge < -0.3 is 20.3 Å². The van der Waals surface area contributed by atoms with Gasteiger partial charge in [-0.15, -0.1) is 0 Å². The summed E-state index contributed by atoms with van der Waals surface area (Å²) in [4.78, 5) is 12.8. The Hall–Kier alpha value is -1.90. The van der Waals surface area contributed by atoms with Crippen molar-refractivity contribution in [1.29, 1.82) is 0 Å². The van der Waals surface area contributed by atoms with Gasteiger partial charge in [0.05, 0.1) is 12.9 Å². The van der Waals surface area contributed by atoms with Gasteiger partial charge in [0.15, 0.2) is 23.2 Å². The summed E-state index contributed by atoms with van der Waals surface area (Å²) in [7, 11) is -4.21. The lowest BCUT2D eigenvalue weighted by Crippen LogP contribution is -2.35. The Balaban J connectivity index is 1.82. The van der Waals surface area contributed by atoms with E-state index in [9.17, 15) is 18.6 Å². The normalized spacial score (nSPS) is 26.3. The van der Waals surface area contributed by atoms with Crippen molar-refractivity contribution < 1.29 is 27.6 Å². The average molecular weight is 430 g/mol. The van der Waals surface area contributed by atoms with Crippen molar-refractivity contribution in [2.24, 2.45) is 11.1 Å². The van der Waals surface area contributed by atoms with Gasteiger partial charge in [0.1, 0.15) is 24.6 Å². The second kappa shape index (κ2) is 8.45. The average Bonchev–Trinajstić information content (AvgIpc) is 3.15. The fraction of sp³-hybridized carbons (Fsp3) is 0.688. The molecule has 13 heteroatoms. The first-order chi connectivity index (χ1) is 13.6. The minimum absolute atomic E-state index is 0.160. The van der Waals surface area contributed by atoms with E-state index >= 15 is 0 Å². The number of aliphatic hydroxyl groups excluding tert-OH is 2. The molecule has 12 nitrogen and oxygen atoms in total. The van der Waals surface area contributed by atoms with Crippen LogP contribution in [0.3, 0.4) is 0 Å². The number of hydrogen-bond donors (Lipinski definition) is 4. The molecule has 2 aromatic heterocycles. The Morgan fingerprint density at radius 1 is 1.28 bits per heavy atom. The van der Waals surface area contributed by atoms with E-state index in [-0.39, 0.29) is 6.04 Å². The summed E-state index contributed by atoms with van der Waals surface area (Å²) in [6.07, 6.45) is -1.16. The lowest BCUT2D eigenvalue weighted by atomic mass is 10.1. The summed E-state index contributed by atoms with van der Waals surface area (Å²) in [5.74, 6) is 1.05. The molecular weight excluding hydrogens is 404 g/mol. The summed E-state index contributed by atoms with van der Waals surface area (Å²) in [6.45, 7) is 5.77. The fourth-order valence-electron chi connectivity index (χ4n) is 3.40. The van der Waals surface area contributed by atoms with Crippen LogP contribution in [0.1, 0.15) is 33.4 Å². The second-order valence-corrected chi connectivity index (χ2v) is 8.77. The zero-order valence-corrected chi connectivity index (χ0v) is 17.2. The minimum atomic E-state index is -4.21. The molecule has 1 fully saturated rings. The molecule has 0 saturated carbocycles. The van der Waals surface area contributed by atoms with E-state index in [0.29, 0.717) is 22.9 Å². The Bertz CT molecular complexity index is 951. The van der Waals surface area contributed by atoms with Crippen molar-refractivity contribution in [3.05, 3.63) is 12.7 Å². The fourth-order valence-corrected chi connectivity index (χ4v) is 3.73. The highest BCUT2D eigenvalue weighted by Gasteiger charge is 2.45. The summed E-state index contributed by atoms with van der Waals surface area (Å²) in [5, 5.41) is 28.7. The molecule has 1 unspecified atom stereocenters. The Kier molecular flexibility index (Phi) is 6.36. The standard InChI is InChI=1S/C16H26N6O6S/c1-8(2)4-9(3)21-14-11-15(19-6-18-14)22(7-20-11)16-13(24)12(23)10(28-16)5-27-29(17,25)26/h6-10,12-13,16,23-24H,4-5H2,1-3H3,(H2,17,25,26)(H,18,19,21)/t9?,10-,12-,13-,16-/m1/s1. The molecular formula is C16H26N6O6S. The van der Waals surface area contributed by atoms with Crippen LogP contribution in [-0.2, 0) is 19.2 Å². The lowest BCUT2D eigenvalue weighted by molar-refractivity contribution is -0.0467. The van der Waals surface area contributed by atoms with Crippen LogP contribution in [0.2, 0.25) is 0 Å². The van der Waals surface area contributed by atoms with Gasteiger partial charge in [-0.1, -0.05) is 13.8 Å². The number of aromatic nitrogens is 4. The number of rotatable bonds is 8. The van der Waals surface area contributed by atoms with Crippen LogP contribution in [0, 0.1) is 5.92 Å². The van der Waals surface area contributed by atoms with E-state index in [4.69, 9.17) is 9.88 Å². The quantitative estimate of drug-likeness (QED) is 0.428. The van der Waals surface area contributed by atoms with Crippen molar-refractivity contribution in [3.63, 3.8) is 0 Å². The number of imidazole rings is 1. The van der Waals surface area contributed by atoms with Crippen LogP contribution < -0.4 is 10.5 Å². The summed E-state index contributed by atoms with van der Waals surface area (Å²) >= 11 is 0. The number of anilines is 1. The summed E-state index contributed by atoms with van der Waals surface area (Å²) in [6, 6.07) is 0.160. The SMILES string of the molecule is CC(C)CC(C)Nc1ncnc2c1ncn2[C@@H]1O[C@H](COS(N)(=O)=O)[C@@H](O)[C@H]1O. The molecule has 3 rings (SSSR count). The Morgan fingerprint density at radius 3 is 2.66 bits per heavy atom. The van der Waals surface area contributed by atoms with Crippen molar-refractivity contribution in [1.82, 2.24) is 19.5 Å². The zero-order chi connectivity index (χ0) is 21.3. The van der Waals surface area contributed by atoms with Crippen molar-refractivity contribution >= 4 is 27.3 Å². The van der Waals surface area contributed by atoms with Crippen molar-refractivity contribution in [2.45, 2.75) is 57.8 Å². The maximum absolute atomic E-state index is 11.0. The number of nitrogens with zero attached hydrogens (tertiary/aromatic N) is 4. The molecule has 1 aliphatic heterocycles. The molecule has 0 amide bonds. The van der Waals surface area contributed by atoms with E-state index in [1.165, 1.54) is 17.2 Å². The first-order valence-electron chi connectivity index (χ1n) is 9.19. The number of fused-ring (bicyclic) bond motifs is 1. The van der Waals surface area contributed by atoms with Crippen LogP contribution in [0.25, 0.3) is 11.2 Å². The maximum atomic E-state index is 11.0. The highest BCUT2D eigenvalue weighted by Crippen LogP contribution is 2.32. The molecule has 0 radical (unpaired) electrons. The molecule has 5 atom stereocenters. The molecule has 0 aromatic carbocycles. The third-order valence-electron chi connectivity index (χ3n) is 4.57. The van der Waals surface area contributed by atoms with Gasteiger partial charge in [-0.05, 0) is 19.3 Å². The van der Waals surface area contributed by atoms with Gasteiger partial charge in [-0.2, -0.15) is 8.42 Å². The van der Waals surface area contributed by atoms with Crippen LogP contribution in [0.15, 0.2) is 12.7 Å². The van der Waals surface area contributed by atoms with Crippen LogP contribution in [0.4, 0.5) is 5.82 Å². The third kappa shape index (κ3) is 4.99. The van der Waals surface area contributed by atoms with Gasteiger partial charge in [-0.25, -0.2) is 20.1 Å². The molecule has 5 N–H and O–H groups in total. The first kappa shape index (κ1) is 21.8. The first-order valence-corrected chi connectivity index (χ1v) is 10.7. The third-order valence-corrected chi connectivity index (χ3v) is 5.04. The molecule has 1 aliphatic rings. The molecule has 0 spiro atoms. The van der Waals surface area contributed by atoms with E-state index in [0.717, 1.165) is 6.42 Å². The van der Waals surface area contributed by atoms with Crippen LogP contribution >= 0.6 is 0 Å². The van der Waals surface area contributed by atoms with E-state index < -0.39 is 41.5 Å². The Morgan fingerprint density at radius 2 is 2.00 bits per heavy atom. The minimum Gasteiger partial charge on any atom is -0.387 e. The van der Waals surface area contributed by atoms with E-state index in [1.54, 1.807) is 0 Å². The van der Waals surface area contributed by atoms with Gasteiger partial charge in [0.25, 0.3) is 0 Å². The number of nitrogens with one attached hydrogen (secondary N) is 1. The topological polar surface area (TPSA) is 175 Å². The molecule has 29 heavy (non-hydrogen) atoms. The van der Waals surface area contributed by atoms with Crippen LogP contribution in [-0.4, -0.2) is 69.1 Å². The largest absolute Gasteiger partial charge is 0.387 e. The van der Waals surface area contributed by atoms with Gasteiger partial charge in [0, 0.05) is 6.04 Å². The number of aliphatic hydroxyl groups is 2. The van der Waals surface area contributed by atoms with Crippen LogP contribution in [0.5, 0.6) is 0 Å². The molecule has 162 valence electrons. The molecule has 0 aliphatic carbocycles. The van der Waals surface area contributed by atoms with Crippen molar-refractivity contribution in [3.8, 4) is 0 Å². The number of hydrogen-bond acceptors (Lipinski definition) is 10. The predicted molar refractivity (Wildman–Crippen MR) is 103 cm³/mol. The van der Waals surface area contributed by atoms with Gasteiger partial charge in [-0.3, -0.25) is 8.75 Å². The molecule has 1 saturated heterocycles. The number of nitrogens with two attached hydrogens (primary N) is 1. The summed E-state index contributed by atoms with van der Waals surface area (Å²) < 4.78 is 33.5. The zero-order valence-electron chi connectivity index (χ0n) is 16.3. The maximum Gasteiger partial charge on any atom is 0.333 e. The predicted octanol–water partition coefficient (Wildman–Crippen LogP) is -0.488. The van der Waals surface area contributed by atoms with E-state index in [1.807, 2.05) is 6.92 Å². The molecule has 2 aromatic rings. The second-order valence-electron chi connectivity index (χ2n) is 7.54. The lowest BCUT2D eigenvalue weighted by Gasteiger charge is -2.18. The van der Waals surface area contributed by atoms with Gasteiger partial charge >= 0.3 is 10.3 Å². The smallest absolute Gasteiger partial charge is 0.333 e. The monoisotopic (exact) mass is 430 g/mol. The summed E-state index contributed by atoms with van der Waals surface area (Å²) in [5.41, 5.74) is 0.876. The van der Waals surface area contributed by atoms with Crippen molar-refractivity contribution in [2.75, 3.05) is 11.9 Å². The molecule has 0 bridgehead atoms.